The Hall–Kier alpha value is -0.670. The number of para-hydroxylation sites is 1. The van der Waals surface area contributed by atoms with Gasteiger partial charge in [-0.3, -0.25) is 0 Å². The minimum atomic E-state index is 0.266. The Kier molecular flexibility index (Phi) is 2.23. The van der Waals surface area contributed by atoms with E-state index in [9.17, 15) is 0 Å². The second-order valence-electron chi connectivity index (χ2n) is 2.95. The van der Waals surface area contributed by atoms with Gasteiger partial charge in [0.25, 0.3) is 0 Å². The van der Waals surface area contributed by atoms with Crippen molar-refractivity contribution in [2.24, 2.45) is 5.73 Å². The lowest BCUT2D eigenvalue weighted by molar-refractivity contribution is 0.796. The van der Waals surface area contributed by atoms with Crippen molar-refractivity contribution in [3.63, 3.8) is 0 Å². The largest absolute Gasteiger partial charge is 0.383 e. The highest BCUT2D eigenvalue weighted by Gasteiger charge is 2.11. The number of hydrogen-bond donors (Lipinski definition) is 2. The Morgan fingerprint density at radius 1 is 1.42 bits per heavy atom. The third kappa shape index (κ3) is 1.57. The van der Waals surface area contributed by atoms with Crippen LogP contribution in [-0.4, -0.2) is 18.3 Å². The average molecular weight is 180 g/mol. The molecule has 12 heavy (non-hydrogen) atoms. The van der Waals surface area contributed by atoms with Gasteiger partial charge in [0.1, 0.15) is 0 Å². The lowest BCUT2D eigenvalue weighted by Crippen LogP contribution is -2.29. The van der Waals surface area contributed by atoms with Gasteiger partial charge >= 0.3 is 0 Å². The molecule has 0 fully saturated rings. The molecule has 1 aliphatic rings. The minimum absolute atomic E-state index is 0.266. The Labute approximate surface area is 76.5 Å². The summed E-state index contributed by atoms with van der Waals surface area (Å²) < 4.78 is 0. The average Bonchev–Trinajstić information content (AvgIpc) is 2.29. The van der Waals surface area contributed by atoms with Crippen LogP contribution in [0, 0.1) is 0 Å². The van der Waals surface area contributed by atoms with E-state index in [2.05, 4.69) is 23.5 Å². The first-order valence-corrected chi connectivity index (χ1v) is 5.06. The van der Waals surface area contributed by atoms with E-state index in [1.165, 1.54) is 10.6 Å². The number of hydrogen-bond acceptors (Lipinski definition) is 3. The SMILES string of the molecule is NC1CNc2ccccc2SC1. The maximum absolute atomic E-state index is 5.83. The predicted octanol–water partition coefficient (Wildman–Crippen LogP) is 1.53. The van der Waals surface area contributed by atoms with Gasteiger partial charge in [0.15, 0.2) is 0 Å². The number of anilines is 1. The molecule has 1 aromatic carbocycles. The summed E-state index contributed by atoms with van der Waals surface area (Å²) in [7, 11) is 0. The van der Waals surface area contributed by atoms with Crippen LogP contribution in [-0.2, 0) is 0 Å². The Morgan fingerprint density at radius 2 is 2.25 bits per heavy atom. The molecule has 2 nitrogen and oxygen atoms in total. The van der Waals surface area contributed by atoms with Crippen LogP contribution in [0.15, 0.2) is 29.2 Å². The summed E-state index contributed by atoms with van der Waals surface area (Å²) in [5.41, 5.74) is 7.05. The molecule has 3 heteroatoms. The topological polar surface area (TPSA) is 38.0 Å². The second-order valence-corrected chi connectivity index (χ2v) is 4.01. The fraction of sp³-hybridized carbons (Fsp3) is 0.333. The predicted molar refractivity (Wildman–Crippen MR) is 53.6 cm³/mol. The van der Waals surface area contributed by atoms with Gasteiger partial charge in [0.05, 0.1) is 0 Å². The minimum Gasteiger partial charge on any atom is -0.383 e. The zero-order valence-electron chi connectivity index (χ0n) is 6.79. The van der Waals surface area contributed by atoms with Crippen LogP contribution in [0.2, 0.25) is 0 Å². The number of benzene rings is 1. The number of rotatable bonds is 0. The third-order valence-electron chi connectivity index (χ3n) is 1.89. The van der Waals surface area contributed by atoms with Gasteiger partial charge in [0, 0.05) is 28.9 Å². The first-order chi connectivity index (χ1) is 5.86. The van der Waals surface area contributed by atoms with E-state index >= 15 is 0 Å². The maximum atomic E-state index is 5.83. The first kappa shape index (κ1) is 7.95. The molecule has 0 amide bonds. The molecule has 1 unspecified atom stereocenters. The van der Waals surface area contributed by atoms with E-state index in [1.807, 2.05) is 17.8 Å². The molecule has 0 radical (unpaired) electrons. The summed E-state index contributed by atoms with van der Waals surface area (Å²) in [6.07, 6.45) is 0. The van der Waals surface area contributed by atoms with E-state index in [-0.39, 0.29) is 6.04 Å². The highest BCUT2D eigenvalue weighted by molar-refractivity contribution is 7.99. The summed E-state index contributed by atoms with van der Waals surface area (Å²) in [4.78, 5) is 1.31. The quantitative estimate of drug-likeness (QED) is 0.636. The molecule has 2 rings (SSSR count). The summed E-state index contributed by atoms with van der Waals surface area (Å²) in [6, 6.07) is 8.60. The molecule has 0 aliphatic carbocycles. The lowest BCUT2D eigenvalue weighted by atomic mass is 10.3. The van der Waals surface area contributed by atoms with Crippen LogP contribution < -0.4 is 11.1 Å². The van der Waals surface area contributed by atoms with Gasteiger partial charge in [-0.05, 0) is 12.1 Å². The zero-order chi connectivity index (χ0) is 8.39. The van der Waals surface area contributed by atoms with Crippen LogP contribution in [0.1, 0.15) is 0 Å². The van der Waals surface area contributed by atoms with Gasteiger partial charge in [-0.2, -0.15) is 0 Å². The Bertz CT molecular complexity index is 248. The van der Waals surface area contributed by atoms with Crippen molar-refractivity contribution in [3.8, 4) is 0 Å². The van der Waals surface area contributed by atoms with Gasteiger partial charge in [0.2, 0.25) is 0 Å². The summed E-state index contributed by atoms with van der Waals surface area (Å²) in [6.45, 7) is 0.879. The monoisotopic (exact) mass is 180 g/mol. The normalized spacial score (nSPS) is 22.2. The van der Waals surface area contributed by atoms with Gasteiger partial charge < -0.3 is 11.1 Å². The molecule has 1 aliphatic heterocycles. The van der Waals surface area contributed by atoms with E-state index in [0.29, 0.717) is 0 Å². The van der Waals surface area contributed by atoms with E-state index < -0.39 is 0 Å². The molecule has 1 atom stereocenters. The van der Waals surface area contributed by atoms with Crippen molar-refractivity contribution in [2.45, 2.75) is 10.9 Å². The van der Waals surface area contributed by atoms with Crippen molar-refractivity contribution in [1.29, 1.82) is 0 Å². The van der Waals surface area contributed by atoms with Gasteiger partial charge in [-0.25, -0.2) is 0 Å². The van der Waals surface area contributed by atoms with Crippen molar-refractivity contribution < 1.29 is 0 Å². The van der Waals surface area contributed by atoms with E-state index in [1.54, 1.807) is 0 Å². The van der Waals surface area contributed by atoms with Crippen LogP contribution in [0.5, 0.6) is 0 Å². The van der Waals surface area contributed by atoms with Crippen molar-refractivity contribution >= 4 is 17.4 Å². The molecular formula is C9H12N2S. The van der Waals surface area contributed by atoms with Crippen LogP contribution in [0.3, 0.4) is 0 Å². The number of thioether (sulfide) groups is 1. The number of nitrogens with two attached hydrogens (primary N) is 1. The molecule has 1 heterocycles. The molecule has 0 aromatic heterocycles. The number of fused-ring (bicyclic) bond motifs is 1. The van der Waals surface area contributed by atoms with Crippen LogP contribution in [0.4, 0.5) is 5.69 Å². The smallest absolute Gasteiger partial charge is 0.0478 e. The molecule has 0 spiro atoms. The molecule has 0 bridgehead atoms. The van der Waals surface area contributed by atoms with Gasteiger partial charge in [-0.1, -0.05) is 12.1 Å². The maximum Gasteiger partial charge on any atom is 0.0478 e. The van der Waals surface area contributed by atoms with Crippen molar-refractivity contribution in [1.82, 2.24) is 0 Å². The van der Waals surface area contributed by atoms with Gasteiger partial charge in [-0.15, -0.1) is 11.8 Å². The fourth-order valence-corrected chi connectivity index (χ4v) is 2.22. The summed E-state index contributed by atoms with van der Waals surface area (Å²) in [5.74, 6) is 1.00. The highest BCUT2D eigenvalue weighted by atomic mass is 32.2. The lowest BCUT2D eigenvalue weighted by Gasteiger charge is -2.06. The molecular weight excluding hydrogens is 168 g/mol. The summed E-state index contributed by atoms with van der Waals surface area (Å²) in [5, 5.41) is 3.33. The van der Waals surface area contributed by atoms with Crippen LogP contribution >= 0.6 is 11.8 Å². The highest BCUT2D eigenvalue weighted by Crippen LogP contribution is 2.29. The first-order valence-electron chi connectivity index (χ1n) is 4.07. The Morgan fingerprint density at radius 3 is 3.17 bits per heavy atom. The van der Waals surface area contributed by atoms with Crippen LogP contribution in [0.25, 0.3) is 0 Å². The fourth-order valence-electron chi connectivity index (χ4n) is 1.24. The second kappa shape index (κ2) is 3.37. The molecule has 0 saturated carbocycles. The molecule has 64 valence electrons. The Balaban J connectivity index is 2.26. The third-order valence-corrected chi connectivity index (χ3v) is 3.16. The standard InChI is InChI=1S/C9H12N2S/c10-7-5-11-8-3-1-2-4-9(8)12-6-7/h1-4,7,11H,5-6,10H2. The molecule has 3 N–H and O–H groups in total. The van der Waals surface area contributed by atoms with Crippen molar-refractivity contribution in [3.05, 3.63) is 24.3 Å². The van der Waals surface area contributed by atoms with E-state index in [0.717, 1.165) is 12.3 Å². The zero-order valence-corrected chi connectivity index (χ0v) is 7.60. The van der Waals surface area contributed by atoms with Crippen molar-refractivity contribution in [2.75, 3.05) is 17.6 Å². The summed E-state index contributed by atoms with van der Waals surface area (Å²) >= 11 is 1.83. The van der Waals surface area contributed by atoms with E-state index in [4.69, 9.17) is 5.73 Å². The molecule has 1 aromatic rings. The number of nitrogens with one attached hydrogen (secondary N) is 1. The molecule has 0 saturated heterocycles.